The number of likely N-dealkylation sites (tertiary alicyclic amines) is 1. The van der Waals surface area contributed by atoms with Crippen LogP contribution in [0, 0.1) is 6.92 Å². The van der Waals surface area contributed by atoms with Crippen molar-refractivity contribution in [2.24, 2.45) is 0 Å². The van der Waals surface area contributed by atoms with Crippen LogP contribution in [0.1, 0.15) is 29.6 Å². The number of amides is 1. The standard InChI is InChI=1S/C20H19ClN2O3/c1-13-17(22-20(26-13)14-4-6-16(21)7-5-14)11-19(24)23-9-8-15(12-23)18-3-2-10-25-18/h2-7,10,15H,8-9,11-12H2,1H3. The van der Waals surface area contributed by atoms with Gasteiger partial charge >= 0.3 is 0 Å². The van der Waals surface area contributed by atoms with E-state index in [1.54, 1.807) is 18.4 Å². The maximum atomic E-state index is 12.7. The summed E-state index contributed by atoms with van der Waals surface area (Å²) >= 11 is 5.92. The Morgan fingerprint density at radius 3 is 2.85 bits per heavy atom. The molecule has 0 saturated carbocycles. The largest absolute Gasteiger partial charge is 0.469 e. The molecule has 1 saturated heterocycles. The highest BCUT2D eigenvalue weighted by Crippen LogP contribution is 2.28. The number of hydrogen-bond donors (Lipinski definition) is 0. The number of benzene rings is 1. The molecule has 0 bridgehead atoms. The van der Waals surface area contributed by atoms with Gasteiger partial charge in [-0.1, -0.05) is 11.6 Å². The Balaban J connectivity index is 1.44. The van der Waals surface area contributed by atoms with Crippen LogP contribution in [0.4, 0.5) is 0 Å². The molecule has 134 valence electrons. The van der Waals surface area contributed by atoms with Crippen molar-refractivity contribution in [1.29, 1.82) is 0 Å². The summed E-state index contributed by atoms with van der Waals surface area (Å²) in [5.41, 5.74) is 1.52. The van der Waals surface area contributed by atoms with E-state index in [1.165, 1.54) is 0 Å². The zero-order chi connectivity index (χ0) is 18.1. The molecule has 1 aliphatic rings. The van der Waals surface area contributed by atoms with E-state index in [0.29, 0.717) is 28.9 Å². The normalized spacial score (nSPS) is 17.0. The molecule has 1 unspecified atom stereocenters. The fraction of sp³-hybridized carbons (Fsp3) is 0.300. The van der Waals surface area contributed by atoms with Gasteiger partial charge in [-0.25, -0.2) is 4.98 Å². The van der Waals surface area contributed by atoms with Gasteiger partial charge in [0.15, 0.2) is 0 Å². The summed E-state index contributed by atoms with van der Waals surface area (Å²) in [7, 11) is 0. The first-order valence-electron chi connectivity index (χ1n) is 8.63. The molecule has 1 amide bonds. The van der Waals surface area contributed by atoms with Crippen LogP contribution in [-0.4, -0.2) is 28.9 Å². The number of furan rings is 1. The highest BCUT2D eigenvalue weighted by atomic mass is 35.5. The van der Waals surface area contributed by atoms with E-state index < -0.39 is 0 Å². The SMILES string of the molecule is Cc1oc(-c2ccc(Cl)cc2)nc1CC(=O)N1CCC(c2ccco2)C1. The average molecular weight is 371 g/mol. The molecule has 26 heavy (non-hydrogen) atoms. The average Bonchev–Trinajstić information content (AvgIpc) is 3.36. The van der Waals surface area contributed by atoms with Crippen molar-refractivity contribution in [3.63, 3.8) is 0 Å². The molecule has 4 rings (SSSR count). The number of nitrogens with zero attached hydrogens (tertiary/aromatic N) is 2. The molecular weight excluding hydrogens is 352 g/mol. The number of aryl methyl sites for hydroxylation is 1. The van der Waals surface area contributed by atoms with Gasteiger partial charge in [0.2, 0.25) is 11.8 Å². The Kier molecular flexibility index (Phi) is 4.55. The second-order valence-electron chi connectivity index (χ2n) is 6.55. The molecule has 0 N–H and O–H groups in total. The second-order valence-corrected chi connectivity index (χ2v) is 6.98. The number of carbonyl (C=O) groups is 1. The van der Waals surface area contributed by atoms with Gasteiger partial charge in [-0.2, -0.15) is 0 Å². The summed E-state index contributed by atoms with van der Waals surface area (Å²) in [6.45, 7) is 3.27. The molecule has 6 heteroatoms. The number of carbonyl (C=O) groups excluding carboxylic acids is 1. The van der Waals surface area contributed by atoms with E-state index >= 15 is 0 Å². The summed E-state index contributed by atoms with van der Waals surface area (Å²) in [5.74, 6) is 2.47. The quantitative estimate of drug-likeness (QED) is 0.680. The van der Waals surface area contributed by atoms with Crippen LogP contribution in [0.5, 0.6) is 0 Å². The van der Waals surface area contributed by atoms with Gasteiger partial charge in [0.05, 0.1) is 18.4 Å². The lowest BCUT2D eigenvalue weighted by Gasteiger charge is -2.15. The van der Waals surface area contributed by atoms with Gasteiger partial charge in [-0.05, 0) is 49.7 Å². The summed E-state index contributed by atoms with van der Waals surface area (Å²) in [5, 5.41) is 0.660. The minimum Gasteiger partial charge on any atom is -0.469 e. The van der Waals surface area contributed by atoms with Gasteiger partial charge in [-0.15, -0.1) is 0 Å². The molecule has 5 nitrogen and oxygen atoms in total. The molecule has 2 aromatic heterocycles. The van der Waals surface area contributed by atoms with Crippen molar-refractivity contribution in [3.8, 4) is 11.5 Å². The van der Waals surface area contributed by atoms with E-state index in [2.05, 4.69) is 4.98 Å². The first kappa shape index (κ1) is 16.9. The second kappa shape index (κ2) is 7.00. The van der Waals surface area contributed by atoms with Crippen LogP contribution in [0.3, 0.4) is 0 Å². The first-order chi connectivity index (χ1) is 12.6. The fourth-order valence-electron chi connectivity index (χ4n) is 3.31. The molecule has 3 heterocycles. The van der Waals surface area contributed by atoms with E-state index in [4.69, 9.17) is 20.4 Å². The molecule has 0 radical (unpaired) electrons. The van der Waals surface area contributed by atoms with Crippen LogP contribution >= 0.6 is 11.6 Å². The highest BCUT2D eigenvalue weighted by Gasteiger charge is 2.29. The van der Waals surface area contributed by atoms with Crippen molar-refractivity contribution < 1.29 is 13.6 Å². The number of halogens is 1. The Bertz CT molecular complexity index is 900. The number of hydrogen-bond acceptors (Lipinski definition) is 4. The smallest absolute Gasteiger partial charge is 0.228 e. The minimum absolute atomic E-state index is 0.0677. The van der Waals surface area contributed by atoms with Crippen LogP contribution < -0.4 is 0 Å². The minimum atomic E-state index is 0.0677. The zero-order valence-corrected chi connectivity index (χ0v) is 15.2. The Morgan fingerprint density at radius 2 is 2.12 bits per heavy atom. The van der Waals surface area contributed by atoms with Crippen molar-refractivity contribution in [1.82, 2.24) is 9.88 Å². The Morgan fingerprint density at radius 1 is 1.31 bits per heavy atom. The third-order valence-electron chi connectivity index (χ3n) is 4.79. The number of rotatable bonds is 4. The van der Waals surface area contributed by atoms with Crippen molar-refractivity contribution in [2.75, 3.05) is 13.1 Å². The van der Waals surface area contributed by atoms with E-state index in [1.807, 2.05) is 36.1 Å². The van der Waals surface area contributed by atoms with Gasteiger partial charge in [-0.3, -0.25) is 4.79 Å². The maximum absolute atomic E-state index is 12.7. The van der Waals surface area contributed by atoms with E-state index in [-0.39, 0.29) is 18.2 Å². The number of oxazole rings is 1. The highest BCUT2D eigenvalue weighted by molar-refractivity contribution is 6.30. The fourth-order valence-corrected chi connectivity index (χ4v) is 3.43. The maximum Gasteiger partial charge on any atom is 0.228 e. The van der Waals surface area contributed by atoms with Crippen LogP contribution in [0.2, 0.25) is 5.02 Å². The van der Waals surface area contributed by atoms with E-state index in [9.17, 15) is 4.79 Å². The van der Waals surface area contributed by atoms with Crippen molar-refractivity contribution in [2.45, 2.75) is 25.7 Å². The van der Waals surface area contributed by atoms with Gasteiger partial charge in [0, 0.05) is 29.6 Å². The molecule has 0 spiro atoms. The summed E-state index contributed by atoms with van der Waals surface area (Å²) in [6, 6.07) is 11.2. The predicted octanol–water partition coefficient (Wildman–Crippen LogP) is 4.46. The van der Waals surface area contributed by atoms with Crippen molar-refractivity contribution >= 4 is 17.5 Å². The number of aromatic nitrogens is 1. The third-order valence-corrected chi connectivity index (χ3v) is 5.04. The monoisotopic (exact) mass is 370 g/mol. The lowest BCUT2D eigenvalue weighted by Crippen LogP contribution is -2.30. The third kappa shape index (κ3) is 3.40. The summed E-state index contributed by atoms with van der Waals surface area (Å²) in [4.78, 5) is 19.1. The van der Waals surface area contributed by atoms with Crippen molar-refractivity contribution in [3.05, 3.63) is 64.9 Å². The van der Waals surface area contributed by atoms with E-state index in [0.717, 1.165) is 24.3 Å². The summed E-state index contributed by atoms with van der Waals surface area (Å²) < 4.78 is 11.2. The zero-order valence-electron chi connectivity index (χ0n) is 14.4. The van der Waals surface area contributed by atoms with Crippen LogP contribution in [0.15, 0.2) is 51.5 Å². The van der Waals surface area contributed by atoms with Crippen LogP contribution in [0.25, 0.3) is 11.5 Å². The first-order valence-corrected chi connectivity index (χ1v) is 9.01. The molecule has 1 fully saturated rings. The van der Waals surface area contributed by atoms with Gasteiger partial charge < -0.3 is 13.7 Å². The molecule has 1 atom stereocenters. The molecule has 1 aromatic carbocycles. The topological polar surface area (TPSA) is 59.5 Å². The van der Waals surface area contributed by atoms with Gasteiger partial charge in [0.1, 0.15) is 11.5 Å². The molecule has 0 aliphatic carbocycles. The van der Waals surface area contributed by atoms with Gasteiger partial charge in [0.25, 0.3) is 0 Å². The Hall–Kier alpha value is -2.53. The summed E-state index contributed by atoms with van der Waals surface area (Å²) in [6.07, 6.45) is 2.84. The lowest BCUT2D eigenvalue weighted by atomic mass is 10.1. The Labute approximate surface area is 156 Å². The molecular formula is C20H19ClN2O3. The van der Waals surface area contributed by atoms with Crippen LogP contribution in [-0.2, 0) is 11.2 Å². The lowest BCUT2D eigenvalue weighted by molar-refractivity contribution is -0.129. The predicted molar refractivity (Wildman–Crippen MR) is 98.0 cm³/mol. The molecule has 1 aliphatic heterocycles. The molecule has 3 aromatic rings.